The third-order valence-corrected chi connectivity index (χ3v) is 7.85. The summed E-state index contributed by atoms with van der Waals surface area (Å²) in [5, 5.41) is 0.287. The predicted octanol–water partition coefficient (Wildman–Crippen LogP) is 8.69. The number of ether oxygens (including phenoxy) is 3. The van der Waals surface area contributed by atoms with Gasteiger partial charge in [-0.05, 0) is 69.4 Å². The second-order valence-corrected chi connectivity index (χ2v) is 11.1. The topological polar surface area (TPSA) is 75.0 Å². The Labute approximate surface area is 249 Å². The van der Waals surface area contributed by atoms with Gasteiger partial charge < -0.3 is 18.6 Å². The molecule has 1 fully saturated rings. The lowest BCUT2D eigenvalue weighted by atomic mass is 9.83. The van der Waals surface area contributed by atoms with E-state index in [1.807, 2.05) is 6.92 Å². The first kappa shape index (κ1) is 32.9. The Morgan fingerprint density at radius 2 is 1.70 bits per heavy atom. The third-order valence-electron chi connectivity index (χ3n) is 7.85. The van der Waals surface area contributed by atoms with Gasteiger partial charge in [0.25, 0.3) is 0 Å². The SMILES string of the molecule is C=C(C)C(=O)OC1CCC(Oc2ccc3cc(-c4ccc(CCCCC)cc4OC(F)(F)F)c(=O)oc3c2)C1(C)C(F)(F)F. The maximum atomic E-state index is 14.3. The highest BCUT2D eigenvalue weighted by molar-refractivity contribution is 5.87. The van der Waals surface area contributed by atoms with Crippen LogP contribution >= 0.6 is 0 Å². The first-order chi connectivity index (χ1) is 20.5. The van der Waals surface area contributed by atoms with Crippen LogP contribution in [0.1, 0.15) is 58.4 Å². The molecule has 0 N–H and O–H groups in total. The summed E-state index contributed by atoms with van der Waals surface area (Å²) in [4.78, 5) is 25.0. The third kappa shape index (κ3) is 7.05. The van der Waals surface area contributed by atoms with Crippen LogP contribution in [-0.4, -0.2) is 30.7 Å². The second-order valence-electron chi connectivity index (χ2n) is 11.1. The maximum absolute atomic E-state index is 14.3. The van der Waals surface area contributed by atoms with Gasteiger partial charge in [0.2, 0.25) is 0 Å². The zero-order valence-electron chi connectivity index (χ0n) is 24.4. The van der Waals surface area contributed by atoms with E-state index >= 15 is 0 Å². The molecule has 0 aliphatic heterocycles. The van der Waals surface area contributed by atoms with E-state index in [4.69, 9.17) is 13.9 Å². The molecule has 4 rings (SSSR count). The summed E-state index contributed by atoms with van der Waals surface area (Å²) in [7, 11) is 0. The number of fused-ring (bicyclic) bond motifs is 1. The maximum Gasteiger partial charge on any atom is 0.573 e. The molecule has 0 spiro atoms. The molecule has 1 aromatic heterocycles. The Balaban J connectivity index is 1.65. The number of rotatable bonds is 10. The first-order valence-corrected chi connectivity index (χ1v) is 14.1. The monoisotopic (exact) mass is 626 g/mol. The number of carbonyl (C=O) groups is 1. The molecule has 1 heterocycles. The molecular weight excluding hydrogens is 594 g/mol. The molecule has 1 aliphatic rings. The first-order valence-electron chi connectivity index (χ1n) is 14.1. The van der Waals surface area contributed by atoms with Crippen molar-refractivity contribution in [2.24, 2.45) is 5.41 Å². The van der Waals surface area contributed by atoms with Crippen molar-refractivity contribution in [2.75, 3.05) is 0 Å². The summed E-state index contributed by atoms with van der Waals surface area (Å²) in [6.07, 6.45) is -9.81. The van der Waals surface area contributed by atoms with E-state index in [0.717, 1.165) is 26.2 Å². The number of halogens is 6. The van der Waals surface area contributed by atoms with Gasteiger partial charge in [-0.15, -0.1) is 13.2 Å². The van der Waals surface area contributed by atoms with Crippen LogP contribution in [0.5, 0.6) is 11.5 Å². The van der Waals surface area contributed by atoms with E-state index in [2.05, 4.69) is 11.3 Å². The fourth-order valence-corrected chi connectivity index (χ4v) is 5.32. The Morgan fingerprint density at radius 3 is 2.34 bits per heavy atom. The minimum absolute atomic E-state index is 0.0390. The lowest BCUT2D eigenvalue weighted by Crippen LogP contribution is -2.51. The minimum Gasteiger partial charge on any atom is -0.489 e. The summed E-state index contributed by atoms with van der Waals surface area (Å²) in [6, 6.07) is 9.57. The van der Waals surface area contributed by atoms with Gasteiger partial charge in [-0.2, -0.15) is 13.2 Å². The molecule has 6 nitrogen and oxygen atoms in total. The number of hydrogen-bond donors (Lipinski definition) is 0. The summed E-state index contributed by atoms with van der Waals surface area (Å²) in [5.41, 5.74) is -3.32. The van der Waals surface area contributed by atoms with Gasteiger partial charge in [0.05, 0.1) is 5.56 Å². The molecule has 1 saturated carbocycles. The minimum atomic E-state index is -5.01. The standard InChI is InChI=1S/C32H32F6O6/c1-5-6-7-8-19-9-12-22(25(15-19)44-32(36,37)38)23-16-20-10-11-21(17-24(20)42-29(23)40)41-26-13-14-27(43-28(39)18(2)3)30(26,4)31(33,34)35/h9-12,15-17,26-27H,2,5-8,13-14H2,1,3-4H3. The van der Waals surface area contributed by atoms with Crippen molar-refractivity contribution in [2.45, 2.75) is 84.0 Å². The van der Waals surface area contributed by atoms with Crippen molar-refractivity contribution in [3.05, 3.63) is 70.6 Å². The van der Waals surface area contributed by atoms with Gasteiger partial charge in [0, 0.05) is 22.6 Å². The molecule has 2 aromatic carbocycles. The molecule has 3 atom stereocenters. The normalized spacial score (nSPS) is 20.5. The quantitative estimate of drug-likeness (QED) is 0.0737. The summed E-state index contributed by atoms with van der Waals surface area (Å²) in [5.74, 6) is -1.53. The van der Waals surface area contributed by atoms with Crippen molar-refractivity contribution in [3.63, 3.8) is 0 Å². The van der Waals surface area contributed by atoms with Crippen LogP contribution in [0.25, 0.3) is 22.1 Å². The molecule has 3 unspecified atom stereocenters. The lowest BCUT2D eigenvalue weighted by molar-refractivity contribution is -0.274. The van der Waals surface area contributed by atoms with Crippen LogP contribution in [0.4, 0.5) is 26.3 Å². The summed E-state index contributed by atoms with van der Waals surface area (Å²) < 4.78 is 103. The zero-order valence-corrected chi connectivity index (χ0v) is 24.4. The highest BCUT2D eigenvalue weighted by atomic mass is 19.4. The number of esters is 1. The van der Waals surface area contributed by atoms with E-state index in [-0.39, 0.29) is 46.3 Å². The largest absolute Gasteiger partial charge is 0.573 e. The van der Waals surface area contributed by atoms with E-state index < -0.39 is 47.5 Å². The van der Waals surface area contributed by atoms with Crippen LogP contribution in [-0.2, 0) is 16.0 Å². The highest BCUT2D eigenvalue weighted by Crippen LogP contribution is 2.53. The van der Waals surface area contributed by atoms with Crippen molar-refractivity contribution in [1.29, 1.82) is 0 Å². The fraction of sp³-hybridized carbons (Fsp3) is 0.438. The molecule has 0 saturated heterocycles. The van der Waals surface area contributed by atoms with Gasteiger partial charge in [-0.1, -0.05) is 38.5 Å². The highest BCUT2D eigenvalue weighted by Gasteiger charge is 2.66. The number of carbonyl (C=O) groups excluding carboxylic acids is 1. The Hall–Kier alpha value is -3.96. The molecule has 44 heavy (non-hydrogen) atoms. The second kappa shape index (κ2) is 12.6. The van der Waals surface area contributed by atoms with Crippen LogP contribution < -0.4 is 15.1 Å². The average Bonchev–Trinajstić information content (AvgIpc) is 3.23. The van der Waals surface area contributed by atoms with Crippen LogP contribution in [0.3, 0.4) is 0 Å². The van der Waals surface area contributed by atoms with Gasteiger partial charge in [0.1, 0.15) is 34.7 Å². The van der Waals surface area contributed by atoms with Crippen molar-refractivity contribution < 1.29 is 49.8 Å². The Kier molecular flexibility index (Phi) is 9.41. The zero-order chi connectivity index (χ0) is 32.4. The smallest absolute Gasteiger partial charge is 0.489 e. The molecule has 0 bridgehead atoms. The van der Waals surface area contributed by atoms with E-state index in [0.29, 0.717) is 12.0 Å². The van der Waals surface area contributed by atoms with Gasteiger partial charge in [-0.3, -0.25) is 0 Å². The lowest BCUT2D eigenvalue weighted by Gasteiger charge is -2.37. The van der Waals surface area contributed by atoms with Crippen LogP contribution in [0, 0.1) is 5.41 Å². The van der Waals surface area contributed by atoms with Crippen molar-refractivity contribution in [1.82, 2.24) is 0 Å². The van der Waals surface area contributed by atoms with Crippen LogP contribution in [0.2, 0.25) is 0 Å². The molecule has 0 amide bonds. The molecule has 3 aromatic rings. The number of hydrogen-bond acceptors (Lipinski definition) is 6. The molecular formula is C32H32F6O6. The molecule has 1 aliphatic carbocycles. The van der Waals surface area contributed by atoms with Crippen molar-refractivity contribution >= 4 is 16.9 Å². The number of alkyl halides is 6. The number of unbranched alkanes of at least 4 members (excludes halogenated alkanes) is 2. The van der Waals surface area contributed by atoms with Gasteiger partial charge in [-0.25, -0.2) is 9.59 Å². The average molecular weight is 627 g/mol. The molecule has 238 valence electrons. The number of benzene rings is 2. The Bertz CT molecular complexity index is 1590. The fourth-order valence-electron chi connectivity index (χ4n) is 5.32. The van der Waals surface area contributed by atoms with Crippen molar-refractivity contribution in [3.8, 4) is 22.6 Å². The summed E-state index contributed by atoms with van der Waals surface area (Å²) >= 11 is 0. The van der Waals surface area contributed by atoms with Crippen LogP contribution in [0.15, 0.2) is 63.8 Å². The Morgan fingerprint density at radius 1 is 1.00 bits per heavy atom. The van der Waals surface area contributed by atoms with Gasteiger partial charge >= 0.3 is 24.1 Å². The van der Waals surface area contributed by atoms with E-state index in [1.54, 1.807) is 6.07 Å². The predicted molar refractivity (Wildman–Crippen MR) is 150 cm³/mol. The number of aryl methyl sites for hydroxylation is 1. The van der Waals surface area contributed by atoms with Gasteiger partial charge in [0.15, 0.2) is 0 Å². The molecule has 12 heteroatoms. The molecule has 0 radical (unpaired) electrons. The van der Waals surface area contributed by atoms with E-state index in [1.165, 1.54) is 43.3 Å². The summed E-state index contributed by atoms with van der Waals surface area (Å²) in [6.45, 7) is 7.67. The van der Waals surface area contributed by atoms with E-state index in [9.17, 15) is 35.9 Å².